The van der Waals surface area contributed by atoms with E-state index in [9.17, 15) is 33.9 Å². The summed E-state index contributed by atoms with van der Waals surface area (Å²) >= 11 is 2.10. The molecule has 2 aliphatic rings. The van der Waals surface area contributed by atoms with Crippen molar-refractivity contribution in [3.8, 4) is 11.5 Å². The third-order valence-electron chi connectivity index (χ3n) is 8.15. The lowest BCUT2D eigenvalue weighted by Gasteiger charge is -2.56. The molecule has 20 nitrogen and oxygen atoms in total. The van der Waals surface area contributed by atoms with Gasteiger partial charge in [0, 0.05) is 18.6 Å². The van der Waals surface area contributed by atoms with Gasteiger partial charge < -0.3 is 44.5 Å². The van der Waals surface area contributed by atoms with Gasteiger partial charge in [0.25, 0.3) is 11.6 Å². The van der Waals surface area contributed by atoms with Gasteiger partial charge in [0.05, 0.1) is 7.11 Å². The van der Waals surface area contributed by atoms with E-state index in [0.717, 1.165) is 33.1 Å². The van der Waals surface area contributed by atoms with E-state index >= 15 is 0 Å². The zero-order valence-electron chi connectivity index (χ0n) is 31.2. The number of ether oxygens (including phenoxy) is 5. The van der Waals surface area contributed by atoms with E-state index < -0.39 is 65.1 Å². The molecule has 3 heterocycles. The van der Waals surface area contributed by atoms with Crippen LogP contribution in [0.25, 0.3) is 0 Å². The predicted molar refractivity (Wildman–Crippen MR) is 199 cm³/mol. The summed E-state index contributed by atoms with van der Waals surface area (Å²) in [5, 5.41) is 34.4. The number of amides is 3. The molecule has 2 aliphatic heterocycles. The number of hydrogen-bond donors (Lipinski definition) is 4. The zero-order valence-corrected chi connectivity index (χ0v) is 32.9. The monoisotopic (exact) mass is 829 g/mol. The first-order valence-corrected chi connectivity index (χ1v) is 19.0. The lowest BCUT2D eigenvalue weighted by Crippen LogP contribution is -2.81. The number of carbonyl (C=O) groups is 6. The number of nitrogens with one attached hydrogen (secondary N) is 2. The van der Waals surface area contributed by atoms with Crippen molar-refractivity contribution in [3.63, 3.8) is 0 Å². The Kier molecular flexibility index (Phi) is 13.3. The number of nitrogens with zero attached hydrogens (tertiary/aromatic N) is 5. The highest BCUT2D eigenvalue weighted by atomic mass is 32.2. The molecule has 0 saturated carbocycles. The minimum Gasteiger partial charge on any atom is -0.497 e. The van der Waals surface area contributed by atoms with E-state index in [4.69, 9.17) is 28.8 Å². The fourth-order valence-electron chi connectivity index (χ4n) is 5.59. The largest absolute Gasteiger partial charge is 0.497 e. The van der Waals surface area contributed by atoms with E-state index in [1.165, 1.54) is 38.5 Å². The van der Waals surface area contributed by atoms with E-state index in [1.54, 1.807) is 45.0 Å². The highest BCUT2D eigenvalue weighted by Gasteiger charge is 2.67. The Labute approximate surface area is 333 Å². The summed E-state index contributed by atoms with van der Waals surface area (Å²) in [5.74, 6) is -4.06. The van der Waals surface area contributed by atoms with Gasteiger partial charge in [0.15, 0.2) is 6.61 Å². The Bertz CT molecular complexity index is 2040. The number of aromatic nitrogens is 4. The predicted octanol–water partition coefficient (Wildman–Crippen LogP) is 1.96. The molecule has 1 saturated heterocycles. The molecule has 3 aromatic rings. The average Bonchev–Trinajstić information content (AvgIpc) is 3.61. The number of alkyl carbamates (subject to hydrolysis) is 1. The highest BCUT2D eigenvalue weighted by Crippen LogP contribution is 2.47. The summed E-state index contributed by atoms with van der Waals surface area (Å²) in [5.41, 5.74) is -1.93. The third-order valence-corrected chi connectivity index (χ3v) is 10.6. The number of carboxylic acids is 2. The first-order chi connectivity index (χ1) is 27.0. The van der Waals surface area contributed by atoms with Gasteiger partial charge in [0.1, 0.15) is 47.4 Å². The molecule has 0 bridgehead atoms. The fourth-order valence-corrected chi connectivity index (χ4v) is 8.04. The van der Waals surface area contributed by atoms with Crippen molar-refractivity contribution in [2.24, 2.45) is 0 Å². The van der Waals surface area contributed by atoms with Crippen molar-refractivity contribution in [1.29, 1.82) is 0 Å². The van der Waals surface area contributed by atoms with Gasteiger partial charge in [-0.15, -0.1) is 16.9 Å². The minimum atomic E-state index is -2.05. The van der Waals surface area contributed by atoms with Crippen LogP contribution >= 0.6 is 23.5 Å². The Balaban J connectivity index is 1.34. The number of fused-ring (bicyclic) bond motifs is 1. The second kappa shape index (κ2) is 17.9. The summed E-state index contributed by atoms with van der Waals surface area (Å²) in [6, 6.07) is 11.1. The van der Waals surface area contributed by atoms with Crippen LogP contribution in [0.15, 0.2) is 65.0 Å². The number of benzene rings is 2. The van der Waals surface area contributed by atoms with Gasteiger partial charge in [-0.05, 0) is 72.2 Å². The first-order valence-electron chi connectivity index (χ1n) is 16.9. The summed E-state index contributed by atoms with van der Waals surface area (Å²) in [4.78, 5) is 78.0. The van der Waals surface area contributed by atoms with Gasteiger partial charge in [-0.3, -0.25) is 19.3 Å². The van der Waals surface area contributed by atoms with Crippen molar-refractivity contribution in [2.45, 2.75) is 61.8 Å². The summed E-state index contributed by atoms with van der Waals surface area (Å²) in [7, 11) is 2.69. The molecule has 0 radical (unpaired) electrons. The highest BCUT2D eigenvalue weighted by molar-refractivity contribution is 8.01. The van der Waals surface area contributed by atoms with Crippen molar-refractivity contribution < 1.29 is 62.7 Å². The van der Waals surface area contributed by atoms with Crippen molar-refractivity contribution in [3.05, 3.63) is 70.9 Å². The molecule has 22 heteroatoms. The van der Waals surface area contributed by atoms with Crippen LogP contribution in [0.1, 0.15) is 37.9 Å². The summed E-state index contributed by atoms with van der Waals surface area (Å²) in [6.45, 7) is 4.09. The molecule has 0 spiro atoms. The second-order valence-corrected chi connectivity index (χ2v) is 15.3. The lowest BCUT2D eigenvalue weighted by molar-refractivity contribution is -0.192. The van der Waals surface area contributed by atoms with Crippen LogP contribution in [0.4, 0.5) is 4.79 Å². The number of thioether (sulfide) groups is 2. The smallest absolute Gasteiger partial charge is 0.408 e. The van der Waals surface area contributed by atoms with E-state index in [0.29, 0.717) is 16.9 Å². The molecule has 57 heavy (non-hydrogen) atoms. The van der Waals surface area contributed by atoms with Crippen molar-refractivity contribution in [1.82, 2.24) is 35.7 Å². The number of carboxylic acid groups (broad SMARTS) is 2. The zero-order chi connectivity index (χ0) is 41.5. The number of aliphatic carboxylic acids is 2. The number of β-lactam (4-membered cyclic amide) rings is 1. The number of carbonyl (C=O) groups excluding carboxylic acids is 4. The SMILES string of the molecule is COc1ccc(COC(=O)NC(C(=O)N[C@]2(OC)C(=O)N3C(C(=O)O)=C(CSc4nnnn4CC(=O)O)CS[C@H]32)c2ccc(OCC(=O)OC(C)(C)C)cc2)cc1. The van der Waals surface area contributed by atoms with Gasteiger partial charge in [0.2, 0.25) is 11.1 Å². The van der Waals surface area contributed by atoms with Crippen molar-refractivity contribution in [2.75, 3.05) is 32.3 Å². The summed E-state index contributed by atoms with van der Waals surface area (Å²) < 4.78 is 28.0. The molecule has 2 aromatic carbocycles. The molecule has 3 amide bonds. The Hall–Kier alpha value is -5.87. The maximum absolute atomic E-state index is 14.1. The lowest BCUT2D eigenvalue weighted by atomic mass is 9.97. The molecule has 4 N–H and O–H groups in total. The maximum Gasteiger partial charge on any atom is 0.408 e. The van der Waals surface area contributed by atoms with Gasteiger partial charge in [-0.2, -0.15) is 0 Å². The fraction of sp³-hybridized carbons (Fsp3) is 0.400. The van der Waals surface area contributed by atoms with Crippen LogP contribution in [0, 0.1) is 0 Å². The number of rotatable bonds is 17. The topological polar surface area (TPSA) is 260 Å². The maximum atomic E-state index is 14.1. The number of tetrazole rings is 1. The summed E-state index contributed by atoms with van der Waals surface area (Å²) in [6.07, 6.45) is -0.982. The molecule has 1 fully saturated rings. The molecule has 0 aliphatic carbocycles. The van der Waals surface area contributed by atoms with Crippen molar-refractivity contribution >= 4 is 59.3 Å². The average molecular weight is 830 g/mol. The molecular weight excluding hydrogens is 791 g/mol. The van der Waals surface area contributed by atoms with Crippen LogP contribution in [-0.4, -0.2) is 120 Å². The number of esters is 1. The standard InChI is InChI=1S/C35H39N7O13S2/c1-34(2,3)55-25(45)16-53-23-12-8-20(9-13-23)26(36-33(50)54-15-19-6-10-22(51-4)11-7-19)28(46)37-35(52-5)30(49)42-27(29(47)48)21(17-56-31(35)42)18-57-32-38-39-40-41(32)14-24(43)44/h6-13,26,31H,14-18H2,1-5H3,(H,36,50)(H,37,46)(H,43,44)(H,47,48)/t26?,31-,35-/m0/s1. The van der Waals surface area contributed by atoms with Crippen LogP contribution in [0.5, 0.6) is 11.5 Å². The van der Waals surface area contributed by atoms with Gasteiger partial charge in [-0.1, -0.05) is 36.0 Å². The van der Waals surface area contributed by atoms with Crippen LogP contribution in [0.3, 0.4) is 0 Å². The number of hydrogen-bond acceptors (Lipinski definition) is 16. The quantitative estimate of drug-likeness (QED) is 0.0656. The van der Waals surface area contributed by atoms with E-state index in [1.807, 2.05) is 0 Å². The Morgan fingerprint density at radius 2 is 1.72 bits per heavy atom. The Morgan fingerprint density at radius 1 is 1.04 bits per heavy atom. The molecule has 5 rings (SSSR count). The van der Waals surface area contributed by atoms with E-state index in [-0.39, 0.29) is 46.9 Å². The molecule has 1 aromatic heterocycles. The van der Waals surface area contributed by atoms with Crippen LogP contribution in [-0.2, 0) is 51.3 Å². The molecule has 1 unspecified atom stereocenters. The Morgan fingerprint density at radius 3 is 2.33 bits per heavy atom. The molecule has 3 atom stereocenters. The van der Waals surface area contributed by atoms with E-state index in [2.05, 4.69) is 26.2 Å². The van der Waals surface area contributed by atoms with Crippen LogP contribution < -0.4 is 20.1 Å². The second-order valence-electron chi connectivity index (χ2n) is 13.3. The third kappa shape index (κ3) is 10.1. The molecule has 304 valence electrons. The van der Waals surface area contributed by atoms with Crippen LogP contribution in [0.2, 0.25) is 0 Å². The van der Waals surface area contributed by atoms with Gasteiger partial charge in [-0.25, -0.2) is 19.1 Å². The molecular formula is C35H39N7O13S2. The normalized spacial score (nSPS) is 18.1. The first kappa shape index (κ1) is 42.3. The number of methoxy groups -OCH3 is 2. The van der Waals surface area contributed by atoms with Gasteiger partial charge >= 0.3 is 24.0 Å². The minimum absolute atomic E-state index is 0.000415.